The molecule has 0 bridgehead atoms. The Labute approximate surface area is 73.9 Å². The van der Waals surface area contributed by atoms with Gasteiger partial charge >= 0.3 is 0 Å². The summed E-state index contributed by atoms with van der Waals surface area (Å²) in [5.74, 6) is 0. The lowest BCUT2D eigenvalue weighted by Gasteiger charge is -2.08. The molecule has 0 aliphatic carbocycles. The molecule has 2 rings (SSSR count). The third-order valence-electron chi connectivity index (χ3n) is 1.36. The van der Waals surface area contributed by atoms with E-state index in [9.17, 15) is 0 Å². The zero-order chi connectivity index (χ0) is 8.23. The predicted octanol–water partition coefficient (Wildman–Crippen LogP) is 0.978. The van der Waals surface area contributed by atoms with Gasteiger partial charge in [-0.15, -0.1) is 10.2 Å². The Morgan fingerprint density at radius 3 is 3.08 bits per heavy atom. The van der Waals surface area contributed by atoms with Gasteiger partial charge < -0.3 is 4.72 Å². The SMILES string of the molecule is C1=CSNC(c2ccnnn2)=C1. The third-order valence-corrected chi connectivity index (χ3v) is 1.99. The van der Waals surface area contributed by atoms with Crippen molar-refractivity contribution >= 4 is 17.6 Å². The highest BCUT2D eigenvalue weighted by Gasteiger charge is 2.03. The first kappa shape index (κ1) is 7.30. The monoisotopic (exact) mass is 178 g/mol. The first-order valence-corrected chi connectivity index (χ1v) is 4.28. The normalized spacial score (nSPS) is 15.2. The van der Waals surface area contributed by atoms with E-state index in [1.807, 2.05) is 23.6 Å². The van der Waals surface area contributed by atoms with Crippen molar-refractivity contribution in [3.63, 3.8) is 0 Å². The van der Waals surface area contributed by atoms with Crippen molar-refractivity contribution in [1.29, 1.82) is 0 Å². The van der Waals surface area contributed by atoms with E-state index in [0.717, 1.165) is 11.4 Å². The molecular weight excluding hydrogens is 172 g/mol. The minimum Gasteiger partial charge on any atom is -0.324 e. The van der Waals surface area contributed by atoms with Crippen LogP contribution in [0.25, 0.3) is 5.70 Å². The summed E-state index contributed by atoms with van der Waals surface area (Å²) < 4.78 is 3.10. The van der Waals surface area contributed by atoms with Crippen LogP contribution in [-0.4, -0.2) is 15.4 Å². The number of allylic oxidation sites excluding steroid dienone is 2. The Morgan fingerprint density at radius 1 is 1.42 bits per heavy atom. The summed E-state index contributed by atoms with van der Waals surface area (Å²) in [7, 11) is 0. The minimum atomic E-state index is 0.807. The molecule has 1 aliphatic heterocycles. The van der Waals surface area contributed by atoms with E-state index in [0.29, 0.717) is 0 Å². The topological polar surface area (TPSA) is 50.7 Å². The second kappa shape index (κ2) is 3.36. The molecule has 1 N–H and O–H groups in total. The molecule has 0 radical (unpaired) electrons. The lowest BCUT2D eigenvalue weighted by Crippen LogP contribution is -2.06. The van der Waals surface area contributed by atoms with Gasteiger partial charge in [0, 0.05) is 0 Å². The predicted molar refractivity (Wildman–Crippen MR) is 47.7 cm³/mol. The van der Waals surface area contributed by atoms with Crippen LogP contribution >= 0.6 is 11.9 Å². The molecule has 0 atom stereocenters. The molecule has 0 fully saturated rings. The average Bonchev–Trinajstić information content (AvgIpc) is 2.21. The van der Waals surface area contributed by atoms with E-state index in [2.05, 4.69) is 20.1 Å². The molecule has 60 valence electrons. The molecule has 1 aromatic heterocycles. The number of hydrogen-bond acceptors (Lipinski definition) is 5. The van der Waals surface area contributed by atoms with Crippen LogP contribution in [0.2, 0.25) is 0 Å². The maximum atomic E-state index is 3.86. The van der Waals surface area contributed by atoms with E-state index in [-0.39, 0.29) is 0 Å². The maximum Gasteiger partial charge on any atom is 0.113 e. The average molecular weight is 178 g/mol. The van der Waals surface area contributed by atoms with Gasteiger partial charge in [-0.3, -0.25) is 0 Å². The van der Waals surface area contributed by atoms with Gasteiger partial charge in [-0.1, -0.05) is 6.08 Å². The molecule has 1 aliphatic rings. The number of rotatable bonds is 1. The van der Waals surface area contributed by atoms with Crippen LogP contribution < -0.4 is 4.72 Å². The van der Waals surface area contributed by atoms with E-state index in [1.165, 1.54) is 11.9 Å². The Hall–Kier alpha value is -1.36. The molecule has 0 spiro atoms. The molecule has 1 aromatic rings. The van der Waals surface area contributed by atoms with Crippen LogP contribution in [0.4, 0.5) is 0 Å². The van der Waals surface area contributed by atoms with E-state index >= 15 is 0 Å². The van der Waals surface area contributed by atoms with Gasteiger partial charge in [-0.2, -0.15) is 0 Å². The van der Waals surface area contributed by atoms with Crippen molar-refractivity contribution in [2.45, 2.75) is 0 Å². The Kier molecular flexibility index (Phi) is 2.04. The second-order valence-corrected chi connectivity index (χ2v) is 2.85. The molecule has 12 heavy (non-hydrogen) atoms. The highest BCUT2D eigenvalue weighted by atomic mass is 32.2. The van der Waals surface area contributed by atoms with E-state index in [4.69, 9.17) is 0 Å². The summed E-state index contributed by atoms with van der Waals surface area (Å²) in [5, 5.41) is 13.0. The van der Waals surface area contributed by atoms with Crippen LogP contribution in [0.5, 0.6) is 0 Å². The lowest BCUT2D eigenvalue weighted by atomic mass is 10.3. The Bertz CT molecular complexity index is 319. The summed E-state index contributed by atoms with van der Waals surface area (Å²) in [6, 6.07) is 1.81. The summed E-state index contributed by atoms with van der Waals surface area (Å²) in [6.45, 7) is 0. The lowest BCUT2D eigenvalue weighted by molar-refractivity contribution is 0.851. The summed E-state index contributed by atoms with van der Waals surface area (Å²) in [4.78, 5) is 0. The van der Waals surface area contributed by atoms with E-state index < -0.39 is 0 Å². The summed E-state index contributed by atoms with van der Waals surface area (Å²) >= 11 is 1.51. The summed E-state index contributed by atoms with van der Waals surface area (Å²) in [6.07, 6.45) is 5.52. The molecule has 0 saturated carbocycles. The van der Waals surface area contributed by atoms with Gasteiger partial charge in [0.1, 0.15) is 5.69 Å². The van der Waals surface area contributed by atoms with Gasteiger partial charge in [0.25, 0.3) is 0 Å². The van der Waals surface area contributed by atoms with Gasteiger partial charge in [0.15, 0.2) is 0 Å². The first-order chi connectivity index (χ1) is 5.97. The Morgan fingerprint density at radius 2 is 2.42 bits per heavy atom. The van der Waals surface area contributed by atoms with Gasteiger partial charge in [-0.05, 0) is 34.7 Å². The zero-order valence-corrected chi connectivity index (χ0v) is 6.95. The molecule has 4 nitrogen and oxygen atoms in total. The smallest absolute Gasteiger partial charge is 0.113 e. The van der Waals surface area contributed by atoms with Crippen molar-refractivity contribution in [3.05, 3.63) is 35.5 Å². The fourth-order valence-electron chi connectivity index (χ4n) is 0.829. The quantitative estimate of drug-likeness (QED) is 0.649. The highest BCUT2D eigenvalue weighted by molar-refractivity contribution is 8.00. The minimum absolute atomic E-state index is 0.807. The Balaban J connectivity index is 2.31. The maximum absolute atomic E-state index is 3.86. The number of nitrogens with one attached hydrogen (secondary N) is 1. The van der Waals surface area contributed by atoms with Crippen molar-refractivity contribution < 1.29 is 0 Å². The number of nitrogens with zero attached hydrogens (tertiary/aromatic N) is 3. The first-order valence-electron chi connectivity index (χ1n) is 3.40. The van der Waals surface area contributed by atoms with E-state index in [1.54, 1.807) is 6.20 Å². The number of aromatic nitrogens is 3. The highest BCUT2D eigenvalue weighted by Crippen LogP contribution is 2.15. The van der Waals surface area contributed by atoms with Gasteiger partial charge in [0.2, 0.25) is 0 Å². The third kappa shape index (κ3) is 1.45. The van der Waals surface area contributed by atoms with Crippen molar-refractivity contribution in [3.8, 4) is 0 Å². The molecule has 0 saturated heterocycles. The summed E-state index contributed by atoms with van der Waals surface area (Å²) in [5.41, 5.74) is 1.76. The van der Waals surface area contributed by atoms with Crippen LogP contribution in [0.3, 0.4) is 0 Å². The molecular formula is C7H6N4S. The molecule has 0 aromatic carbocycles. The van der Waals surface area contributed by atoms with Crippen LogP contribution in [-0.2, 0) is 0 Å². The fourth-order valence-corrected chi connectivity index (χ4v) is 1.35. The van der Waals surface area contributed by atoms with Crippen molar-refractivity contribution in [2.24, 2.45) is 0 Å². The largest absolute Gasteiger partial charge is 0.324 e. The van der Waals surface area contributed by atoms with Crippen molar-refractivity contribution in [2.75, 3.05) is 0 Å². The van der Waals surface area contributed by atoms with Crippen LogP contribution in [0, 0.1) is 0 Å². The molecule has 5 heteroatoms. The van der Waals surface area contributed by atoms with Gasteiger partial charge in [-0.25, -0.2) is 0 Å². The number of hydrogen-bond donors (Lipinski definition) is 1. The van der Waals surface area contributed by atoms with Crippen molar-refractivity contribution in [1.82, 2.24) is 20.1 Å². The molecule has 0 amide bonds. The molecule has 2 heterocycles. The molecule has 0 unspecified atom stereocenters. The zero-order valence-electron chi connectivity index (χ0n) is 6.14. The van der Waals surface area contributed by atoms with Crippen LogP contribution in [0.1, 0.15) is 5.69 Å². The van der Waals surface area contributed by atoms with Crippen LogP contribution in [0.15, 0.2) is 29.8 Å². The standard InChI is InChI=1S/C7H6N4S/c1-2-7(10-12-5-1)6-3-4-8-11-9-6/h1-5,10H. The second-order valence-electron chi connectivity index (χ2n) is 2.13. The fraction of sp³-hybridized carbons (Fsp3) is 0. The van der Waals surface area contributed by atoms with Gasteiger partial charge in [0.05, 0.1) is 11.9 Å².